The zero-order valence-electron chi connectivity index (χ0n) is 12.5. The molecule has 3 N–H and O–H groups in total. The largest absolute Gasteiger partial charge is 0.350 e. The van der Waals surface area contributed by atoms with Crippen LogP contribution in [-0.4, -0.2) is 12.5 Å². The van der Waals surface area contributed by atoms with Crippen molar-refractivity contribution in [1.82, 2.24) is 5.32 Å². The van der Waals surface area contributed by atoms with Gasteiger partial charge in [0, 0.05) is 10.9 Å². The van der Waals surface area contributed by atoms with E-state index in [-0.39, 0.29) is 17.9 Å². The van der Waals surface area contributed by atoms with E-state index in [9.17, 15) is 4.79 Å². The molecule has 1 aromatic rings. The molecule has 1 amide bonds. The Labute approximate surface area is 130 Å². The molecule has 1 rings (SSSR count). The molecule has 0 aliphatic carbocycles. The normalized spacial score (nSPS) is 14.1. The smallest absolute Gasteiger partial charge is 0.220 e. The minimum absolute atomic E-state index is 0.00412. The first-order valence-corrected chi connectivity index (χ1v) is 7.97. The fourth-order valence-electron chi connectivity index (χ4n) is 2.40. The Kier molecular flexibility index (Phi) is 7.24. The number of nitrogens with one attached hydrogen (secondary N) is 1. The Bertz CT molecular complexity index is 434. The number of carbonyl (C=O) groups excluding carboxylic acids is 1. The molecule has 3 nitrogen and oxygen atoms in total. The van der Waals surface area contributed by atoms with Crippen molar-refractivity contribution in [3.05, 3.63) is 34.3 Å². The van der Waals surface area contributed by atoms with Gasteiger partial charge in [-0.05, 0) is 43.4 Å². The van der Waals surface area contributed by atoms with E-state index in [2.05, 4.69) is 35.1 Å². The zero-order chi connectivity index (χ0) is 15.1. The number of hydrogen-bond donors (Lipinski definition) is 2. The molecule has 0 aromatic heterocycles. The van der Waals surface area contributed by atoms with Gasteiger partial charge in [-0.1, -0.05) is 48.0 Å². The summed E-state index contributed by atoms with van der Waals surface area (Å²) in [7, 11) is 0. The van der Waals surface area contributed by atoms with E-state index in [1.807, 2.05) is 31.2 Å². The Morgan fingerprint density at radius 3 is 2.50 bits per heavy atom. The van der Waals surface area contributed by atoms with Crippen molar-refractivity contribution in [1.29, 1.82) is 0 Å². The monoisotopic (exact) mass is 340 g/mol. The van der Waals surface area contributed by atoms with Gasteiger partial charge in [0.2, 0.25) is 5.91 Å². The van der Waals surface area contributed by atoms with Crippen molar-refractivity contribution in [2.24, 2.45) is 17.6 Å². The summed E-state index contributed by atoms with van der Waals surface area (Å²) in [4.78, 5) is 12.1. The number of rotatable bonds is 7. The lowest BCUT2D eigenvalue weighted by molar-refractivity contribution is -0.122. The first-order chi connectivity index (χ1) is 9.43. The van der Waals surface area contributed by atoms with E-state index in [0.29, 0.717) is 18.9 Å². The Morgan fingerprint density at radius 1 is 1.30 bits per heavy atom. The second-order valence-corrected chi connectivity index (χ2v) is 6.60. The van der Waals surface area contributed by atoms with Crippen LogP contribution in [0.3, 0.4) is 0 Å². The van der Waals surface area contributed by atoms with E-state index in [1.54, 1.807) is 0 Å². The highest BCUT2D eigenvalue weighted by Crippen LogP contribution is 2.23. The summed E-state index contributed by atoms with van der Waals surface area (Å²) in [5, 5.41) is 3.05. The van der Waals surface area contributed by atoms with E-state index >= 15 is 0 Å². The van der Waals surface area contributed by atoms with Gasteiger partial charge in [-0.2, -0.15) is 0 Å². The summed E-state index contributed by atoms with van der Waals surface area (Å²) in [5.74, 6) is 0.905. The van der Waals surface area contributed by atoms with Gasteiger partial charge in [-0.3, -0.25) is 4.79 Å². The lowest BCUT2D eigenvalue weighted by atomic mass is 9.94. The van der Waals surface area contributed by atoms with Crippen LogP contribution in [0.1, 0.15) is 45.2 Å². The molecule has 0 aliphatic rings. The number of amides is 1. The van der Waals surface area contributed by atoms with Crippen LogP contribution in [0.25, 0.3) is 0 Å². The molecule has 1 aromatic carbocycles. The van der Waals surface area contributed by atoms with Crippen LogP contribution in [-0.2, 0) is 4.79 Å². The second kappa shape index (κ2) is 8.42. The summed E-state index contributed by atoms with van der Waals surface area (Å²) < 4.78 is 1.02. The molecule has 0 bridgehead atoms. The van der Waals surface area contributed by atoms with E-state index < -0.39 is 0 Å². The van der Waals surface area contributed by atoms with Gasteiger partial charge in [0.1, 0.15) is 0 Å². The molecule has 0 saturated carbocycles. The first kappa shape index (κ1) is 17.2. The number of nitrogens with two attached hydrogens (primary N) is 1. The Balaban J connectivity index is 2.55. The molecule has 20 heavy (non-hydrogen) atoms. The number of carbonyl (C=O) groups is 1. The standard InChI is InChI=1S/C16H25BrN2O/c1-11(2)8-13(10-18)9-16(20)19-12(3)14-6-4-5-7-15(14)17/h4-7,11-13H,8-10,18H2,1-3H3,(H,19,20)/t12?,13-/m0/s1. The van der Waals surface area contributed by atoms with Gasteiger partial charge in [-0.15, -0.1) is 0 Å². The minimum atomic E-state index is -0.00412. The number of benzene rings is 1. The van der Waals surface area contributed by atoms with Crippen LogP contribution in [0.5, 0.6) is 0 Å². The van der Waals surface area contributed by atoms with Crippen LogP contribution in [0, 0.1) is 11.8 Å². The van der Waals surface area contributed by atoms with Crippen LogP contribution >= 0.6 is 15.9 Å². The second-order valence-electron chi connectivity index (χ2n) is 5.75. The quantitative estimate of drug-likeness (QED) is 0.796. The highest BCUT2D eigenvalue weighted by molar-refractivity contribution is 9.10. The Morgan fingerprint density at radius 2 is 1.95 bits per heavy atom. The van der Waals surface area contributed by atoms with E-state index in [0.717, 1.165) is 16.5 Å². The van der Waals surface area contributed by atoms with Crippen molar-refractivity contribution in [2.45, 2.75) is 39.7 Å². The molecule has 1 unspecified atom stereocenters. The molecular formula is C16H25BrN2O. The fourth-order valence-corrected chi connectivity index (χ4v) is 3.02. The molecule has 0 spiro atoms. The van der Waals surface area contributed by atoms with Crippen LogP contribution in [0.4, 0.5) is 0 Å². The van der Waals surface area contributed by atoms with Crippen molar-refractivity contribution in [3.8, 4) is 0 Å². The van der Waals surface area contributed by atoms with Crippen molar-refractivity contribution >= 4 is 21.8 Å². The molecule has 2 atom stereocenters. The SMILES string of the molecule is CC(C)C[C@H](CN)CC(=O)NC(C)c1ccccc1Br. The summed E-state index contributed by atoms with van der Waals surface area (Å²) in [6.07, 6.45) is 1.50. The maximum Gasteiger partial charge on any atom is 0.220 e. The fraction of sp³-hybridized carbons (Fsp3) is 0.562. The van der Waals surface area contributed by atoms with Crippen LogP contribution < -0.4 is 11.1 Å². The molecule has 0 aliphatic heterocycles. The lowest BCUT2D eigenvalue weighted by Crippen LogP contribution is -2.31. The van der Waals surface area contributed by atoms with Crippen LogP contribution in [0.2, 0.25) is 0 Å². The van der Waals surface area contributed by atoms with Crippen molar-refractivity contribution in [2.75, 3.05) is 6.54 Å². The molecule has 0 saturated heterocycles. The van der Waals surface area contributed by atoms with E-state index in [4.69, 9.17) is 5.73 Å². The van der Waals surface area contributed by atoms with Crippen molar-refractivity contribution < 1.29 is 4.79 Å². The molecule has 112 valence electrons. The van der Waals surface area contributed by atoms with E-state index in [1.165, 1.54) is 0 Å². The average molecular weight is 341 g/mol. The third-order valence-electron chi connectivity index (χ3n) is 3.36. The van der Waals surface area contributed by atoms with Crippen LogP contribution in [0.15, 0.2) is 28.7 Å². The predicted octanol–water partition coefficient (Wildman–Crippen LogP) is 3.64. The maximum absolute atomic E-state index is 12.1. The Hall–Kier alpha value is -0.870. The molecule has 4 heteroatoms. The number of hydrogen-bond acceptors (Lipinski definition) is 2. The van der Waals surface area contributed by atoms with Gasteiger partial charge in [0.05, 0.1) is 6.04 Å². The maximum atomic E-state index is 12.1. The van der Waals surface area contributed by atoms with Gasteiger partial charge in [0.25, 0.3) is 0 Å². The third-order valence-corrected chi connectivity index (χ3v) is 4.08. The van der Waals surface area contributed by atoms with Gasteiger partial charge in [0.15, 0.2) is 0 Å². The summed E-state index contributed by atoms with van der Waals surface area (Å²) in [6.45, 7) is 6.88. The topological polar surface area (TPSA) is 55.1 Å². The molecule has 0 radical (unpaired) electrons. The van der Waals surface area contributed by atoms with Gasteiger partial charge in [-0.25, -0.2) is 0 Å². The first-order valence-electron chi connectivity index (χ1n) is 7.17. The minimum Gasteiger partial charge on any atom is -0.350 e. The lowest BCUT2D eigenvalue weighted by Gasteiger charge is -2.20. The van der Waals surface area contributed by atoms with Gasteiger partial charge >= 0.3 is 0 Å². The predicted molar refractivity (Wildman–Crippen MR) is 87.3 cm³/mol. The zero-order valence-corrected chi connectivity index (χ0v) is 14.1. The number of halogens is 1. The molecule has 0 fully saturated rings. The summed E-state index contributed by atoms with van der Waals surface area (Å²) in [6, 6.07) is 7.94. The summed E-state index contributed by atoms with van der Waals surface area (Å²) in [5.41, 5.74) is 6.84. The molecular weight excluding hydrogens is 316 g/mol. The van der Waals surface area contributed by atoms with Crippen molar-refractivity contribution in [3.63, 3.8) is 0 Å². The summed E-state index contributed by atoms with van der Waals surface area (Å²) >= 11 is 3.51. The highest BCUT2D eigenvalue weighted by Gasteiger charge is 2.17. The average Bonchev–Trinajstić information content (AvgIpc) is 2.37. The highest BCUT2D eigenvalue weighted by atomic mass is 79.9. The van der Waals surface area contributed by atoms with Gasteiger partial charge < -0.3 is 11.1 Å². The third kappa shape index (κ3) is 5.63. The molecule has 0 heterocycles.